The molecule has 1 aromatic heterocycles. The highest BCUT2D eigenvalue weighted by Gasteiger charge is 2.37. The summed E-state index contributed by atoms with van der Waals surface area (Å²) in [4.78, 5) is 17.5. The van der Waals surface area contributed by atoms with E-state index in [1.807, 2.05) is 6.07 Å². The summed E-state index contributed by atoms with van der Waals surface area (Å²) in [5, 5.41) is 3.41. The van der Waals surface area contributed by atoms with Crippen molar-refractivity contribution in [3.63, 3.8) is 0 Å². The van der Waals surface area contributed by atoms with Crippen LogP contribution in [0.2, 0.25) is 0 Å². The average molecular weight is 232 g/mol. The minimum Gasteiger partial charge on any atom is -0.367 e. The van der Waals surface area contributed by atoms with E-state index in [0.29, 0.717) is 11.7 Å². The summed E-state index contributed by atoms with van der Waals surface area (Å²) in [5.41, 5.74) is 6.66. The molecule has 0 bridgehead atoms. The number of fused-ring (bicyclic) bond motifs is 1. The van der Waals surface area contributed by atoms with Crippen LogP contribution >= 0.6 is 0 Å². The largest absolute Gasteiger partial charge is 0.367 e. The average Bonchev–Trinajstić information content (AvgIpc) is 2.90. The van der Waals surface area contributed by atoms with E-state index in [-0.39, 0.29) is 0 Å². The Hall–Kier alpha value is -1.62. The van der Waals surface area contributed by atoms with E-state index in [2.05, 4.69) is 15.2 Å². The highest BCUT2D eigenvalue weighted by atomic mass is 16.1. The van der Waals surface area contributed by atoms with Crippen molar-refractivity contribution < 1.29 is 4.79 Å². The Morgan fingerprint density at radius 2 is 2.41 bits per heavy atom. The van der Waals surface area contributed by atoms with Crippen LogP contribution in [0, 0.1) is 5.92 Å². The topological polar surface area (TPSA) is 71.2 Å². The smallest absolute Gasteiger partial charge is 0.267 e. The van der Waals surface area contributed by atoms with E-state index in [4.69, 9.17) is 5.73 Å². The van der Waals surface area contributed by atoms with E-state index in [0.717, 1.165) is 31.2 Å². The van der Waals surface area contributed by atoms with Gasteiger partial charge in [0.25, 0.3) is 5.91 Å². The minimum absolute atomic E-state index is 0.344. The molecule has 2 aliphatic heterocycles. The van der Waals surface area contributed by atoms with Gasteiger partial charge in [0.15, 0.2) is 0 Å². The minimum atomic E-state index is -0.466. The molecule has 3 N–H and O–H groups in total. The molecule has 0 aliphatic carbocycles. The summed E-state index contributed by atoms with van der Waals surface area (Å²) < 4.78 is 0. The molecule has 2 saturated heterocycles. The quantitative estimate of drug-likeness (QED) is 0.751. The summed E-state index contributed by atoms with van der Waals surface area (Å²) >= 11 is 0. The zero-order valence-electron chi connectivity index (χ0n) is 9.60. The van der Waals surface area contributed by atoms with Crippen LogP contribution in [0.4, 0.5) is 5.69 Å². The summed E-state index contributed by atoms with van der Waals surface area (Å²) in [6, 6.07) is 4.30. The van der Waals surface area contributed by atoms with Gasteiger partial charge < -0.3 is 16.0 Å². The zero-order chi connectivity index (χ0) is 11.8. The number of anilines is 1. The second-order valence-corrected chi connectivity index (χ2v) is 4.73. The molecule has 5 heteroatoms. The van der Waals surface area contributed by atoms with Gasteiger partial charge >= 0.3 is 0 Å². The number of carbonyl (C=O) groups excluding carboxylic acids is 1. The van der Waals surface area contributed by atoms with Crippen molar-refractivity contribution in [3.05, 3.63) is 24.0 Å². The Morgan fingerprint density at radius 3 is 3.24 bits per heavy atom. The molecule has 0 unspecified atom stereocenters. The molecule has 90 valence electrons. The van der Waals surface area contributed by atoms with Crippen molar-refractivity contribution in [3.8, 4) is 0 Å². The number of aromatic nitrogens is 1. The molecule has 3 heterocycles. The monoisotopic (exact) mass is 232 g/mol. The molecule has 2 aliphatic rings. The summed E-state index contributed by atoms with van der Waals surface area (Å²) in [6.07, 6.45) is 2.87. The third-order valence-corrected chi connectivity index (χ3v) is 3.77. The summed E-state index contributed by atoms with van der Waals surface area (Å²) in [5.74, 6) is 0.271. The van der Waals surface area contributed by atoms with Crippen LogP contribution in [0.3, 0.4) is 0 Å². The normalized spacial score (nSPS) is 27.2. The van der Waals surface area contributed by atoms with Crippen molar-refractivity contribution >= 4 is 11.6 Å². The van der Waals surface area contributed by atoms with Gasteiger partial charge in [-0.15, -0.1) is 0 Å². The standard InChI is InChI=1S/C12H16N4O/c13-12(17)10-5-9(1-3-15-10)16-4-2-8-6-14-7-11(8)16/h1,3,5,8,11,14H,2,4,6-7H2,(H2,13,17)/t8-,11+/m0/s1. The van der Waals surface area contributed by atoms with Gasteiger partial charge in [0, 0.05) is 37.6 Å². The van der Waals surface area contributed by atoms with Crippen LogP contribution in [0.5, 0.6) is 0 Å². The van der Waals surface area contributed by atoms with E-state index in [1.165, 1.54) is 6.42 Å². The number of rotatable bonds is 2. The van der Waals surface area contributed by atoms with Crippen molar-refractivity contribution in [2.45, 2.75) is 12.5 Å². The molecule has 2 atom stereocenters. The number of pyridine rings is 1. The van der Waals surface area contributed by atoms with Gasteiger partial charge in [0.1, 0.15) is 5.69 Å². The van der Waals surface area contributed by atoms with Gasteiger partial charge in [0.2, 0.25) is 0 Å². The van der Waals surface area contributed by atoms with E-state index < -0.39 is 5.91 Å². The SMILES string of the molecule is NC(=O)c1cc(N2CC[C@H]3CNC[C@H]32)ccn1. The predicted molar refractivity (Wildman–Crippen MR) is 64.9 cm³/mol. The summed E-state index contributed by atoms with van der Waals surface area (Å²) in [6.45, 7) is 3.19. The fourth-order valence-electron chi connectivity index (χ4n) is 2.90. The Morgan fingerprint density at radius 1 is 1.53 bits per heavy atom. The maximum absolute atomic E-state index is 11.1. The lowest BCUT2D eigenvalue weighted by Crippen LogP contribution is -2.34. The Kier molecular flexibility index (Phi) is 2.48. The molecule has 3 rings (SSSR count). The third-order valence-electron chi connectivity index (χ3n) is 3.77. The van der Waals surface area contributed by atoms with Crippen LogP contribution in [0.15, 0.2) is 18.3 Å². The fraction of sp³-hybridized carbons (Fsp3) is 0.500. The highest BCUT2D eigenvalue weighted by molar-refractivity contribution is 5.91. The molecular formula is C12H16N4O. The maximum atomic E-state index is 11.1. The van der Waals surface area contributed by atoms with Crippen LogP contribution in [0.25, 0.3) is 0 Å². The van der Waals surface area contributed by atoms with Crippen molar-refractivity contribution in [1.29, 1.82) is 0 Å². The van der Waals surface area contributed by atoms with Gasteiger partial charge in [-0.3, -0.25) is 9.78 Å². The molecule has 0 aromatic carbocycles. The molecule has 1 amide bonds. The lowest BCUT2D eigenvalue weighted by molar-refractivity contribution is 0.0995. The second kappa shape index (κ2) is 4.00. The first-order valence-electron chi connectivity index (χ1n) is 5.99. The Labute approximate surface area is 100 Å². The first kappa shape index (κ1) is 10.5. The number of primary amides is 1. The fourth-order valence-corrected chi connectivity index (χ4v) is 2.90. The molecule has 5 nitrogen and oxygen atoms in total. The van der Waals surface area contributed by atoms with Crippen molar-refractivity contribution in [2.24, 2.45) is 11.7 Å². The van der Waals surface area contributed by atoms with Crippen LogP contribution in [0.1, 0.15) is 16.9 Å². The first-order chi connectivity index (χ1) is 8.25. The first-order valence-corrected chi connectivity index (χ1v) is 5.99. The highest BCUT2D eigenvalue weighted by Crippen LogP contribution is 2.31. The maximum Gasteiger partial charge on any atom is 0.267 e. The van der Waals surface area contributed by atoms with E-state index in [9.17, 15) is 4.79 Å². The number of amides is 1. The third kappa shape index (κ3) is 1.76. The number of nitrogens with one attached hydrogen (secondary N) is 1. The molecular weight excluding hydrogens is 216 g/mol. The van der Waals surface area contributed by atoms with Crippen LogP contribution in [-0.4, -0.2) is 36.6 Å². The van der Waals surface area contributed by atoms with Crippen molar-refractivity contribution in [1.82, 2.24) is 10.3 Å². The Balaban J connectivity index is 1.88. The van der Waals surface area contributed by atoms with Crippen LogP contribution < -0.4 is 16.0 Å². The van der Waals surface area contributed by atoms with Crippen LogP contribution in [-0.2, 0) is 0 Å². The predicted octanol–water partition coefficient (Wildman–Crippen LogP) is -0.0214. The second-order valence-electron chi connectivity index (χ2n) is 4.73. The number of nitrogens with zero attached hydrogens (tertiary/aromatic N) is 2. The number of hydrogen-bond acceptors (Lipinski definition) is 4. The zero-order valence-corrected chi connectivity index (χ0v) is 9.60. The van der Waals surface area contributed by atoms with Gasteiger partial charge in [-0.05, 0) is 24.5 Å². The summed E-state index contributed by atoms with van der Waals surface area (Å²) in [7, 11) is 0. The molecule has 0 spiro atoms. The number of carbonyl (C=O) groups is 1. The van der Waals surface area contributed by atoms with Gasteiger partial charge in [-0.1, -0.05) is 0 Å². The lowest BCUT2D eigenvalue weighted by atomic mass is 10.1. The number of nitrogens with two attached hydrogens (primary N) is 1. The van der Waals surface area contributed by atoms with E-state index >= 15 is 0 Å². The molecule has 1 aromatic rings. The molecule has 0 radical (unpaired) electrons. The molecule has 0 saturated carbocycles. The molecule has 17 heavy (non-hydrogen) atoms. The van der Waals surface area contributed by atoms with Crippen molar-refractivity contribution in [2.75, 3.05) is 24.5 Å². The number of hydrogen-bond donors (Lipinski definition) is 2. The molecule has 2 fully saturated rings. The van der Waals surface area contributed by atoms with Gasteiger partial charge in [-0.2, -0.15) is 0 Å². The lowest BCUT2D eigenvalue weighted by Gasteiger charge is -2.25. The Bertz CT molecular complexity index is 448. The van der Waals surface area contributed by atoms with Gasteiger partial charge in [-0.25, -0.2) is 0 Å². The van der Waals surface area contributed by atoms with Gasteiger partial charge in [0.05, 0.1) is 0 Å². The van der Waals surface area contributed by atoms with E-state index in [1.54, 1.807) is 12.3 Å².